The first-order valence-electron chi connectivity index (χ1n) is 6.07. The lowest BCUT2D eigenvalue weighted by molar-refractivity contribution is 0.0601. The van der Waals surface area contributed by atoms with Gasteiger partial charge in [-0.05, 0) is 31.0 Å². The van der Waals surface area contributed by atoms with Gasteiger partial charge in [-0.25, -0.2) is 13.2 Å². The van der Waals surface area contributed by atoms with E-state index in [1.807, 2.05) is 13.0 Å². The Labute approximate surface area is 112 Å². The van der Waals surface area contributed by atoms with Gasteiger partial charge in [0.2, 0.25) is 0 Å². The summed E-state index contributed by atoms with van der Waals surface area (Å²) >= 11 is 0. The van der Waals surface area contributed by atoms with Crippen molar-refractivity contribution in [1.82, 2.24) is 0 Å². The van der Waals surface area contributed by atoms with Crippen LogP contribution in [0.1, 0.15) is 22.3 Å². The summed E-state index contributed by atoms with van der Waals surface area (Å²) in [4.78, 5) is 11.5. The molecule has 1 fully saturated rings. The molecule has 1 atom stereocenters. The molecule has 104 valence electrons. The van der Waals surface area contributed by atoms with Crippen molar-refractivity contribution < 1.29 is 17.9 Å². The highest BCUT2D eigenvalue weighted by Crippen LogP contribution is 2.22. The normalized spacial score (nSPS) is 21.1. The Bertz CT molecular complexity index is 595. The molecule has 0 radical (unpaired) electrons. The summed E-state index contributed by atoms with van der Waals surface area (Å²) in [6.07, 6.45) is 0.601. The number of anilines is 1. The summed E-state index contributed by atoms with van der Waals surface area (Å²) in [7, 11) is -1.58. The van der Waals surface area contributed by atoms with Gasteiger partial charge in [-0.3, -0.25) is 0 Å². The molecule has 1 heterocycles. The van der Waals surface area contributed by atoms with Crippen LogP contribution in [0.5, 0.6) is 0 Å². The van der Waals surface area contributed by atoms with Gasteiger partial charge in [-0.1, -0.05) is 6.07 Å². The lowest BCUT2D eigenvalue weighted by atomic mass is 10.1. The van der Waals surface area contributed by atoms with E-state index in [2.05, 4.69) is 10.1 Å². The molecule has 1 N–H and O–H groups in total. The lowest BCUT2D eigenvalue weighted by Crippen LogP contribution is -2.21. The Balaban J connectivity index is 2.18. The van der Waals surface area contributed by atoms with Crippen LogP contribution in [0, 0.1) is 6.92 Å². The zero-order valence-corrected chi connectivity index (χ0v) is 11.8. The van der Waals surface area contributed by atoms with Crippen molar-refractivity contribution in [3.8, 4) is 0 Å². The lowest BCUT2D eigenvalue weighted by Gasteiger charge is -2.15. The molecule has 0 spiro atoms. The Morgan fingerprint density at radius 3 is 2.74 bits per heavy atom. The Morgan fingerprint density at radius 2 is 2.16 bits per heavy atom. The quantitative estimate of drug-likeness (QED) is 0.848. The highest BCUT2D eigenvalue weighted by atomic mass is 32.2. The number of aryl methyl sites for hydroxylation is 1. The van der Waals surface area contributed by atoms with Crippen molar-refractivity contribution in [2.24, 2.45) is 0 Å². The molecule has 1 aliphatic rings. The zero-order chi connectivity index (χ0) is 14.0. The van der Waals surface area contributed by atoms with Gasteiger partial charge in [-0.15, -0.1) is 0 Å². The van der Waals surface area contributed by atoms with Crippen LogP contribution in [0.3, 0.4) is 0 Å². The number of esters is 1. The van der Waals surface area contributed by atoms with Crippen molar-refractivity contribution in [1.29, 1.82) is 0 Å². The first kappa shape index (κ1) is 13.9. The summed E-state index contributed by atoms with van der Waals surface area (Å²) in [5.74, 6) is -0.0305. The molecule has 1 aliphatic heterocycles. The molecule has 1 saturated heterocycles. The maximum atomic E-state index is 11.5. The van der Waals surface area contributed by atoms with Crippen molar-refractivity contribution in [2.45, 2.75) is 19.4 Å². The van der Waals surface area contributed by atoms with E-state index in [9.17, 15) is 13.2 Å². The number of rotatable bonds is 3. The maximum absolute atomic E-state index is 11.5. The molecule has 2 rings (SSSR count). The smallest absolute Gasteiger partial charge is 0.337 e. The largest absolute Gasteiger partial charge is 0.465 e. The van der Waals surface area contributed by atoms with Crippen LogP contribution in [0.25, 0.3) is 0 Å². The second kappa shape index (κ2) is 5.21. The fraction of sp³-hybridized carbons (Fsp3) is 0.462. The molecule has 19 heavy (non-hydrogen) atoms. The fourth-order valence-electron chi connectivity index (χ4n) is 2.15. The number of methoxy groups -OCH3 is 1. The van der Waals surface area contributed by atoms with Crippen LogP contribution < -0.4 is 5.32 Å². The van der Waals surface area contributed by atoms with E-state index in [4.69, 9.17) is 0 Å². The van der Waals surface area contributed by atoms with E-state index in [1.165, 1.54) is 7.11 Å². The maximum Gasteiger partial charge on any atom is 0.337 e. The van der Waals surface area contributed by atoms with Crippen molar-refractivity contribution >= 4 is 21.5 Å². The number of nitrogens with one attached hydrogen (secondary N) is 1. The van der Waals surface area contributed by atoms with Crippen molar-refractivity contribution in [2.75, 3.05) is 23.9 Å². The van der Waals surface area contributed by atoms with E-state index in [1.54, 1.807) is 12.1 Å². The summed E-state index contributed by atoms with van der Waals surface area (Å²) in [5.41, 5.74) is 2.21. The van der Waals surface area contributed by atoms with Crippen LogP contribution in [-0.4, -0.2) is 39.0 Å². The number of carbonyl (C=O) groups is 1. The van der Waals surface area contributed by atoms with Crippen LogP contribution in [0.2, 0.25) is 0 Å². The number of sulfone groups is 1. The van der Waals surface area contributed by atoms with Crippen molar-refractivity contribution in [3.63, 3.8) is 0 Å². The first-order valence-corrected chi connectivity index (χ1v) is 7.89. The molecule has 0 aromatic heterocycles. The number of hydrogen-bond donors (Lipinski definition) is 1. The van der Waals surface area contributed by atoms with Crippen LogP contribution in [-0.2, 0) is 14.6 Å². The van der Waals surface area contributed by atoms with Gasteiger partial charge in [0, 0.05) is 11.7 Å². The van der Waals surface area contributed by atoms with E-state index in [0.29, 0.717) is 12.0 Å². The average molecular weight is 283 g/mol. The second-order valence-electron chi connectivity index (χ2n) is 4.77. The average Bonchev–Trinajstić information content (AvgIpc) is 2.70. The number of hydrogen-bond acceptors (Lipinski definition) is 5. The third kappa shape index (κ3) is 3.26. The van der Waals surface area contributed by atoms with Gasteiger partial charge in [0.1, 0.15) is 0 Å². The molecule has 0 saturated carbocycles. The topological polar surface area (TPSA) is 72.5 Å². The number of carbonyl (C=O) groups excluding carboxylic acids is 1. The van der Waals surface area contributed by atoms with Gasteiger partial charge in [0.15, 0.2) is 9.84 Å². The van der Waals surface area contributed by atoms with Gasteiger partial charge < -0.3 is 10.1 Å². The number of benzene rings is 1. The van der Waals surface area contributed by atoms with Gasteiger partial charge in [-0.2, -0.15) is 0 Å². The summed E-state index contributed by atoms with van der Waals surface area (Å²) < 4.78 is 27.5. The summed E-state index contributed by atoms with van der Waals surface area (Å²) in [5, 5.41) is 3.20. The van der Waals surface area contributed by atoms with E-state index >= 15 is 0 Å². The Kier molecular flexibility index (Phi) is 3.80. The minimum absolute atomic E-state index is 0.0865. The molecule has 5 nitrogen and oxygen atoms in total. The number of ether oxygens (including phenoxy) is 1. The second-order valence-corrected chi connectivity index (χ2v) is 6.99. The minimum atomic E-state index is -2.91. The first-order chi connectivity index (χ1) is 8.91. The zero-order valence-electron chi connectivity index (χ0n) is 11.0. The molecule has 6 heteroatoms. The molecular formula is C13H17NO4S. The Hall–Kier alpha value is -1.56. The highest BCUT2D eigenvalue weighted by Gasteiger charge is 2.28. The van der Waals surface area contributed by atoms with Gasteiger partial charge in [0.05, 0.1) is 24.2 Å². The van der Waals surface area contributed by atoms with E-state index in [0.717, 1.165) is 11.3 Å². The molecule has 0 bridgehead atoms. The summed E-state index contributed by atoms with van der Waals surface area (Å²) in [6, 6.07) is 5.12. The van der Waals surface area contributed by atoms with Crippen LogP contribution in [0.15, 0.2) is 18.2 Å². The van der Waals surface area contributed by atoms with Crippen LogP contribution in [0.4, 0.5) is 5.69 Å². The predicted octanol–water partition coefficient (Wildman–Crippen LogP) is 1.38. The van der Waals surface area contributed by atoms with Crippen molar-refractivity contribution in [3.05, 3.63) is 29.3 Å². The van der Waals surface area contributed by atoms with Gasteiger partial charge >= 0.3 is 5.97 Å². The third-order valence-corrected chi connectivity index (χ3v) is 5.02. The molecule has 1 aromatic rings. The van der Waals surface area contributed by atoms with E-state index < -0.39 is 15.8 Å². The molecule has 0 amide bonds. The fourth-order valence-corrected chi connectivity index (χ4v) is 3.82. The predicted molar refractivity (Wildman–Crippen MR) is 73.2 cm³/mol. The SMILES string of the molecule is COC(=O)c1ccc(C)c(NC2CCS(=O)(=O)C2)c1. The summed E-state index contributed by atoms with van der Waals surface area (Å²) in [6.45, 7) is 1.91. The molecule has 1 unspecified atom stereocenters. The minimum Gasteiger partial charge on any atom is -0.465 e. The van der Waals surface area contributed by atoms with Crippen LogP contribution >= 0.6 is 0 Å². The van der Waals surface area contributed by atoms with Gasteiger partial charge in [0.25, 0.3) is 0 Å². The monoisotopic (exact) mass is 283 g/mol. The standard InChI is InChI=1S/C13H17NO4S/c1-9-3-4-10(13(15)18-2)7-12(9)14-11-5-6-19(16,17)8-11/h3-4,7,11,14H,5-6,8H2,1-2H3. The molecule has 1 aromatic carbocycles. The van der Waals surface area contributed by atoms with E-state index in [-0.39, 0.29) is 17.5 Å². The highest BCUT2D eigenvalue weighted by molar-refractivity contribution is 7.91. The molecule has 0 aliphatic carbocycles. The third-order valence-electron chi connectivity index (χ3n) is 3.25. The molecular weight excluding hydrogens is 266 g/mol. The Morgan fingerprint density at radius 1 is 1.42 bits per heavy atom.